The maximum Gasteiger partial charge on any atom is 0.224 e. The predicted molar refractivity (Wildman–Crippen MR) is 114 cm³/mol. The summed E-state index contributed by atoms with van der Waals surface area (Å²) >= 11 is 0. The lowest BCUT2D eigenvalue weighted by Gasteiger charge is -2.32. The van der Waals surface area contributed by atoms with Crippen LogP contribution in [0.4, 0.5) is 0 Å². The Bertz CT molecular complexity index is 498. The highest BCUT2D eigenvalue weighted by molar-refractivity contribution is 5.03. The number of unbranched alkanes of at least 4 members (excludes halogenated alkanes) is 7. The molecule has 0 spiro atoms. The molecule has 1 N–H and O–H groups in total. The minimum Gasteiger partial charge on any atom is -0.387 e. The van der Waals surface area contributed by atoms with Gasteiger partial charge in [-0.25, -0.2) is 0 Å². The zero-order valence-corrected chi connectivity index (χ0v) is 19.3. The molecule has 3 saturated heterocycles. The van der Waals surface area contributed by atoms with Gasteiger partial charge in [-0.05, 0) is 20.3 Å². The lowest BCUT2D eigenvalue weighted by atomic mass is 10.1. The molecule has 4 atom stereocenters. The lowest BCUT2D eigenvalue weighted by molar-refractivity contribution is -0.279. The van der Waals surface area contributed by atoms with Crippen molar-refractivity contribution in [2.24, 2.45) is 0 Å². The van der Waals surface area contributed by atoms with Gasteiger partial charge in [-0.15, -0.1) is 0 Å². The average molecular weight is 430 g/mol. The van der Waals surface area contributed by atoms with Gasteiger partial charge in [0.05, 0.1) is 13.2 Å². The molecule has 176 valence electrons. The molecule has 0 unspecified atom stereocenters. The number of fused-ring (bicyclic) bond motifs is 1. The fourth-order valence-corrected chi connectivity index (χ4v) is 4.72. The smallest absolute Gasteiger partial charge is 0.224 e. The van der Waals surface area contributed by atoms with Gasteiger partial charge in [0.2, 0.25) is 5.79 Å². The normalized spacial score (nSPS) is 33.8. The molecule has 0 aliphatic carbocycles. The first-order valence-electron chi connectivity index (χ1n) is 12.1. The highest BCUT2D eigenvalue weighted by atomic mass is 16.9. The number of morpholine rings is 1. The van der Waals surface area contributed by atoms with E-state index in [4.69, 9.17) is 23.7 Å². The molecule has 30 heavy (non-hydrogen) atoms. The maximum absolute atomic E-state index is 10.9. The van der Waals surface area contributed by atoms with Crippen molar-refractivity contribution in [1.29, 1.82) is 0 Å². The van der Waals surface area contributed by atoms with Crippen molar-refractivity contribution in [3.05, 3.63) is 0 Å². The molecule has 0 aromatic heterocycles. The predicted octanol–water partition coefficient (Wildman–Crippen LogP) is 3.08. The minimum absolute atomic E-state index is 0.286. The second-order valence-electron chi connectivity index (χ2n) is 9.44. The number of aliphatic hydroxyl groups excluding tert-OH is 1. The molecule has 3 heterocycles. The zero-order chi connectivity index (χ0) is 21.5. The number of hydrogen-bond donors (Lipinski definition) is 1. The summed E-state index contributed by atoms with van der Waals surface area (Å²) in [5, 5.41) is 10.9. The Morgan fingerprint density at radius 1 is 0.967 bits per heavy atom. The molecule has 7 heteroatoms. The number of aliphatic hydroxyl groups is 1. The second-order valence-corrected chi connectivity index (χ2v) is 9.44. The van der Waals surface area contributed by atoms with Crippen LogP contribution in [0.2, 0.25) is 0 Å². The Balaban J connectivity index is 1.41. The van der Waals surface area contributed by atoms with Crippen molar-refractivity contribution in [3.8, 4) is 0 Å². The first-order chi connectivity index (χ1) is 14.5. The van der Waals surface area contributed by atoms with Gasteiger partial charge in [0.25, 0.3) is 0 Å². The summed E-state index contributed by atoms with van der Waals surface area (Å²) in [6, 6.07) is 0. The summed E-state index contributed by atoms with van der Waals surface area (Å²) in [5.74, 6) is -1.82. The van der Waals surface area contributed by atoms with Gasteiger partial charge in [0.15, 0.2) is 5.79 Å². The molecule has 3 fully saturated rings. The monoisotopic (exact) mass is 429 g/mol. The van der Waals surface area contributed by atoms with Crippen LogP contribution in [0.5, 0.6) is 0 Å². The van der Waals surface area contributed by atoms with E-state index in [1.54, 1.807) is 0 Å². The average Bonchev–Trinajstić information content (AvgIpc) is 3.12. The van der Waals surface area contributed by atoms with Crippen LogP contribution in [0.15, 0.2) is 0 Å². The Morgan fingerprint density at radius 2 is 1.63 bits per heavy atom. The van der Waals surface area contributed by atoms with Gasteiger partial charge in [0, 0.05) is 26.2 Å². The van der Waals surface area contributed by atoms with E-state index >= 15 is 0 Å². The van der Waals surface area contributed by atoms with Crippen LogP contribution in [-0.2, 0) is 23.7 Å². The van der Waals surface area contributed by atoms with Crippen molar-refractivity contribution in [1.82, 2.24) is 4.90 Å². The summed E-state index contributed by atoms with van der Waals surface area (Å²) in [7, 11) is 0. The topological polar surface area (TPSA) is 69.6 Å². The molecule has 3 rings (SSSR count). The van der Waals surface area contributed by atoms with Gasteiger partial charge in [0.1, 0.15) is 24.9 Å². The lowest BCUT2D eigenvalue weighted by Crippen LogP contribution is -2.45. The molecule has 3 aliphatic rings. The van der Waals surface area contributed by atoms with Gasteiger partial charge in [-0.3, -0.25) is 4.90 Å². The van der Waals surface area contributed by atoms with Crippen LogP contribution in [0.3, 0.4) is 0 Å². The third-order valence-corrected chi connectivity index (χ3v) is 6.29. The zero-order valence-electron chi connectivity index (χ0n) is 19.3. The summed E-state index contributed by atoms with van der Waals surface area (Å²) in [5.41, 5.74) is 0. The number of hydrogen-bond acceptors (Lipinski definition) is 7. The standard InChI is InChI=1S/C23H43NO6/c1-4-5-6-7-8-9-10-11-14-27-18-23-21(29-22(2,3)30-23)20(25)19(28-23)17-24-12-15-26-16-13-24/h19-21,25H,4-18H2,1-3H3/t19-,20+,21-,23-/m0/s1. The molecule has 0 bridgehead atoms. The van der Waals surface area contributed by atoms with E-state index in [9.17, 15) is 5.11 Å². The fourth-order valence-electron chi connectivity index (χ4n) is 4.72. The van der Waals surface area contributed by atoms with Crippen molar-refractivity contribution in [3.63, 3.8) is 0 Å². The molecule has 0 aromatic rings. The van der Waals surface area contributed by atoms with Crippen LogP contribution in [0.25, 0.3) is 0 Å². The summed E-state index contributed by atoms with van der Waals surface area (Å²) in [4.78, 5) is 2.26. The summed E-state index contributed by atoms with van der Waals surface area (Å²) in [6.07, 6.45) is 8.54. The molecule has 0 radical (unpaired) electrons. The number of ether oxygens (including phenoxy) is 5. The van der Waals surface area contributed by atoms with E-state index in [1.165, 1.54) is 44.9 Å². The SMILES string of the molecule is CCCCCCCCCCOC[C@@]12O[C@@H](CN3CCOCC3)[C@@H](O)[C@@H]1OC(C)(C)O2. The number of nitrogens with zero attached hydrogens (tertiary/aromatic N) is 1. The molecule has 7 nitrogen and oxygen atoms in total. The van der Waals surface area contributed by atoms with Crippen LogP contribution in [-0.4, -0.2) is 86.0 Å². The van der Waals surface area contributed by atoms with Crippen LogP contribution in [0, 0.1) is 0 Å². The van der Waals surface area contributed by atoms with E-state index < -0.39 is 23.8 Å². The van der Waals surface area contributed by atoms with Gasteiger partial charge in [-0.2, -0.15) is 0 Å². The molecule has 0 saturated carbocycles. The second kappa shape index (κ2) is 11.5. The fraction of sp³-hybridized carbons (Fsp3) is 1.00. The molecule has 0 amide bonds. The molecule has 0 aromatic carbocycles. The first kappa shape index (κ1) is 24.4. The third-order valence-electron chi connectivity index (χ3n) is 6.29. The van der Waals surface area contributed by atoms with Crippen LogP contribution >= 0.6 is 0 Å². The van der Waals surface area contributed by atoms with Gasteiger partial charge < -0.3 is 28.8 Å². The van der Waals surface area contributed by atoms with E-state index in [0.29, 0.717) is 13.2 Å². The Morgan fingerprint density at radius 3 is 2.33 bits per heavy atom. The third kappa shape index (κ3) is 6.61. The van der Waals surface area contributed by atoms with E-state index in [0.717, 1.165) is 32.7 Å². The molecular formula is C23H43NO6. The Labute approximate surface area is 182 Å². The Hall–Kier alpha value is -0.280. The van der Waals surface area contributed by atoms with Crippen molar-refractivity contribution in [2.75, 3.05) is 46.1 Å². The van der Waals surface area contributed by atoms with E-state index in [1.807, 2.05) is 13.8 Å². The molecular weight excluding hydrogens is 386 g/mol. The van der Waals surface area contributed by atoms with Crippen molar-refractivity contribution in [2.45, 2.75) is 102 Å². The highest BCUT2D eigenvalue weighted by Crippen LogP contribution is 2.45. The van der Waals surface area contributed by atoms with E-state index in [2.05, 4.69) is 11.8 Å². The van der Waals surface area contributed by atoms with Crippen LogP contribution in [0.1, 0.15) is 72.1 Å². The Kier molecular flexibility index (Phi) is 9.38. The first-order valence-corrected chi connectivity index (χ1v) is 12.1. The van der Waals surface area contributed by atoms with Gasteiger partial charge in [-0.1, -0.05) is 51.9 Å². The highest BCUT2D eigenvalue weighted by Gasteiger charge is 2.64. The number of rotatable bonds is 13. The summed E-state index contributed by atoms with van der Waals surface area (Å²) < 4.78 is 29.9. The molecule has 3 aliphatic heterocycles. The maximum atomic E-state index is 10.9. The quantitative estimate of drug-likeness (QED) is 0.451. The van der Waals surface area contributed by atoms with Crippen molar-refractivity contribution < 1.29 is 28.8 Å². The largest absolute Gasteiger partial charge is 0.387 e. The van der Waals surface area contributed by atoms with E-state index in [-0.39, 0.29) is 12.7 Å². The minimum atomic E-state index is -1.03. The summed E-state index contributed by atoms with van der Waals surface area (Å²) in [6.45, 7) is 10.7. The van der Waals surface area contributed by atoms with Gasteiger partial charge >= 0.3 is 0 Å². The van der Waals surface area contributed by atoms with Crippen LogP contribution < -0.4 is 0 Å². The van der Waals surface area contributed by atoms with Crippen molar-refractivity contribution >= 4 is 0 Å².